The van der Waals surface area contributed by atoms with E-state index in [1.54, 1.807) is 11.3 Å². The molecule has 3 nitrogen and oxygen atoms in total. The van der Waals surface area contributed by atoms with E-state index in [9.17, 15) is 0 Å². The van der Waals surface area contributed by atoms with E-state index in [4.69, 9.17) is 11.3 Å². The van der Waals surface area contributed by atoms with Gasteiger partial charge in [0.25, 0.3) is 0 Å². The predicted octanol–water partition coefficient (Wildman–Crippen LogP) is 2.82. The van der Waals surface area contributed by atoms with Crippen LogP contribution >= 0.6 is 11.3 Å². The maximum Gasteiger partial charge on any atom is 0.149 e. The van der Waals surface area contributed by atoms with Crippen LogP contribution in [0.3, 0.4) is 0 Å². The Morgan fingerprint density at radius 3 is 2.41 bits per heavy atom. The van der Waals surface area contributed by atoms with E-state index in [1.165, 1.54) is 21.6 Å². The van der Waals surface area contributed by atoms with Crippen LogP contribution in [0.15, 0.2) is 30.3 Å². The van der Waals surface area contributed by atoms with Gasteiger partial charge in [-0.05, 0) is 42.7 Å². The van der Waals surface area contributed by atoms with Gasteiger partial charge in [-0.1, -0.05) is 18.2 Å². The molecule has 0 radical (unpaired) electrons. The number of hydrazine groups is 1. The molecule has 0 aliphatic rings. The highest BCUT2D eigenvalue weighted by molar-refractivity contribution is 7.17. The van der Waals surface area contributed by atoms with Gasteiger partial charge in [0.15, 0.2) is 0 Å². The average Bonchev–Trinajstić information content (AvgIpc) is 2.77. The fraction of sp³-hybridized carbons (Fsp3) is 0.154. The van der Waals surface area contributed by atoms with Crippen LogP contribution in [0.5, 0.6) is 0 Å². The highest BCUT2D eigenvalue weighted by atomic mass is 32.1. The van der Waals surface area contributed by atoms with Crippen LogP contribution in [0.1, 0.15) is 16.0 Å². The van der Waals surface area contributed by atoms with Crippen molar-refractivity contribution < 1.29 is 0 Å². The smallest absolute Gasteiger partial charge is 0.149 e. The van der Waals surface area contributed by atoms with Crippen molar-refractivity contribution in [2.75, 3.05) is 0 Å². The third-order valence-corrected chi connectivity index (χ3v) is 3.84. The maximum absolute atomic E-state index is 7.64. The van der Waals surface area contributed by atoms with Crippen molar-refractivity contribution in [2.45, 2.75) is 13.8 Å². The van der Waals surface area contributed by atoms with E-state index in [-0.39, 0.29) is 5.84 Å². The van der Waals surface area contributed by atoms with Crippen molar-refractivity contribution in [1.29, 1.82) is 5.41 Å². The largest absolute Gasteiger partial charge is 0.308 e. The molecule has 0 aliphatic carbocycles. The van der Waals surface area contributed by atoms with Gasteiger partial charge in [0, 0.05) is 4.88 Å². The molecular weight excluding hydrogens is 230 g/mol. The lowest BCUT2D eigenvalue weighted by Crippen LogP contribution is -2.29. The molecule has 0 amide bonds. The summed E-state index contributed by atoms with van der Waals surface area (Å²) >= 11 is 1.58. The van der Waals surface area contributed by atoms with E-state index in [0.717, 1.165) is 4.88 Å². The van der Waals surface area contributed by atoms with Gasteiger partial charge < -0.3 is 5.43 Å². The summed E-state index contributed by atoms with van der Waals surface area (Å²) in [7, 11) is 0. The van der Waals surface area contributed by atoms with Gasteiger partial charge in [0.05, 0.1) is 4.88 Å². The number of thiophene rings is 1. The van der Waals surface area contributed by atoms with Gasteiger partial charge in [-0.15, -0.1) is 11.3 Å². The van der Waals surface area contributed by atoms with Crippen LogP contribution in [0.4, 0.5) is 0 Å². The summed E-state index contributed by atoms with van der Waals surface area (Å²) in [6, 6.07) is 10.2. The molecule has 0 bridgehead atoms. The molecule has 1 heterocycles. The number of rotatable bonds is 2. The van der Waals surface area contributed by atoms with E-state index in [0.29, 0.717) is 0 Å². The van der Waals surface area contributed by atoms with Gasteiger partial charge in [0.1, 0.15) is 5.84 Å². The lowest BCUT2D eigenvalue weighted by atomic mass is 10.0. The van der Waals surface area contributed by atoms with E-state index in [1.807, 2.05) is 12.1 Å². The fourth-order valence-electron chi connectivity index (χ4n) is 1.88. The first-order valence-corrected chi connectivity index (χ1v) is 6.17. The number of benzene rings is 1. The normalized spacial score (nSPS) is 10.3. The van der Waals surface area contributed by atoms with Crippen molar-refractivity contribution in [2.24, 2.45) is 5.84 Å². The highest BCUT2D eigenvalue weighted by Gasteiger charge is 2.10. The quantitative estimate of drug-likeness (QED) is 0.330. The Balaban J connectivity index is 2.47. The minimum absolute atomic E-state index is 0.257. The van der Waals surface area contributed by atoms with Gasteiger partial charge in [-0.2, -0.15) is 0 Å². The van der Waals surface area contributed by atoms with E-state index < -0.39 is 0 Å². The summed E-state index contributed by atoms with van der Waals surface area (Å²) in [5.41, 5.74) is 6.14. The number of hydrogen-bond acceptors (Lipinski definition) is 3. The van der Waals surface area contributed by atoms with E-state index in [2.05, 4.69) is 37.5 Å². The minimum atomic E-state index is 0.257. The summed E-state index contributed by atoms with van der Waals surface area (Å²) in [6.45, 7) is 4.21. The molecule has 4 N–H and O–H groups in total. The third-order valence-electron chi connectivity index (χ3n) is 2.72. The number of amidine groups is 1. The lowest BCUT2D eigenvalue weighted by Gasteiger charge is -2.06. The summed E-state index contributed by atoms with van der Waals surface area (Å²) in [4.78, 5) is 2.03. The van der Waals surface area contributed by atoms with Crippen molar-refractivity contribution in [3.05, 3.63) is 46.3 Å². The first-order valence-electron chi connectivity index (χ1n) is 5.35. The first-order chi connectivity index (χ1) is 8.13. The Hall–Kier alpha value is -1.65. The molecule has 0 unspecified atom stereocenters. The zero-order valence-electron chi connectivity index (χ0n) is 9.87. The van der Waals surface area contributed by atoms with Gasteiger partial charge in [-0.3, -0.25) is 5.41 Å². The lowest BCUT2D eigenvalue weighted by molar-refractivity contribution is 1.02. The summed E-state index contributed by atoms with van der Waals surface area (Å²) in [5.74, 6) is 5.50. The monoisotopic (exact) mass is 245 g/mol. The molecule has 17 heavy (non-hydrogen) atoms. The third kappa shape index (κ3) is 2.23. The SMILES string of the molecule is Cc1cccc(C)c1-c1ccc(C(=N)NN)s1. The van der Waals surface area contributed by atoms with Gasteiger partial charge >= 0.3 is 0 Å². The molecule has 4 heteroatoms. The molecule has 2 aromatic rings. The molecule has 0 atom stereocenters. The number of hydrogen-bond donors (Lipinski definition) is 3. The minimum Gasteiger partial charge on any atom is -0.308 e. The van der Waals surface area contributed by atoms with Gasteiger partial charge in [0.2, 0.25) is 0 Å². The number of aryl methyl sites for hydroxylation is 2. The predicted molar refractivity (Wildman–Crippen MR) is 73.4 cm³/mol. The molecule has 0 spiro atoms. The summed E-state index contributed by atoms with van der Waals surface area (Å²) in [6.07, 6.45) is 0. The Morgan fingerprint density at radius 1 is 1.18 bits per heavy atom. The molecule has 2 rings (SSSR count). The number of nitrogens with two attached hydrogens (primary N) is 1. The second-order valence-electron chi connectivity index (χ2n) is 3.95. The second kappa shape index (κ2) is 4.69. The van der Waals surface area contributed by atoms with Crippen molar-refractivity contribution >= 4 is 17.2 Å². The van der Waals surface area contributed by atoms with Crippen LogP contribution in [0.25, 0.3) is 10.4 Å². The molecule has 0 saturated heterocycles. The Morgan fingerprint density at radius 2 is 1.82 bits per heavy atom. The Kier molecular flexibility index (Phi) is 3.26. The maximum atomic E-state index is 7.64. The Labute approximate surface area is 105 Å². The standard InChI is InChI=1S/C13H15N3S/c1-8-4-3-5-9(2)12(8)10-6-7-11(17-10)13(14)16-15/h3-7H,15H2,1-2H3,(H2,14,16). The topological polar surface area (TPSA) is 61.9 Å². The van der Waals surface area contributed by atoms with Crippen molar-refractivity contribution in [3.8, 4) is 10.4 Å². The van der Waals surface area contributed by atoms with Crippen LogP contribution in [0, 0.1) is 19.3 Å². The molecular formula is C13H15N3S. The molecule has 1 aromatic heterocycles. The van der Waals surface area contributed by atoms with E-state index >= 15 is 0 Å². The summed E-state index contributed by atoms with van der Waals surface area (Å²) < 4.78 is 0. The fourth-order valence-corrected chi connectivity index (χ4v) is 2.97. The average molecular weight is 245 g/mol. The van der Waals surface area contributed by atoms with Crippen LogP contribution in [0.2, 0.25) is 0 Å². The molecule has 0 fully saturated rings. The highest BCUT2D eigenvalue weighted by Crippen LogP contribution is 2.32. The zero-order valence-corrected chi connectivity index (χ0v) is 10.7. The molecule has 88 valence electrons. The van der Waals surface area contributed by atoms with Crippen LogP contribution in [-0.2, 0) is 0 Å². The number of nitrogens with one attached hydrogen (secondary N) is 2. The van der Waals surface area contributed by atoms with Crippen LogP contribution in [-0.4, -0.2) is 5.84 Å². The molecule has 0 aliphatic heterocycles. The molecule has 1 aromatic carbocycles. The zero-order chi connectivity index (χ0) is 12.4. The molecule has 0 saturated carbocycles. The Bertz CT molecular complexity index is 537. The van der Waals surface area contributed by atoms with Crippen molar-refractivity contribution in [1.82, 2.24) is 5.43 Å². The second-order valence-corrected chi connectivity index (χ2v) is 5.03. The first kappa shape index (κ1) is 11.8. The van der Waals surface area contributed by atoms with Crippen LogP contribution < -0.4 is 11.3 Å². The van der Waals surface area contributed by atoms with Gasteiger partial charge in [-0.25, -0.2) is 5.84 Å². The van der Waals surface area contributed by atoms with Crippen molar-refractivity contribution in [3.63, 3.8) is 0 Å². The summed E-state index contributed by atoms with van der Waals surface area (Å²) in [5, 5.41) is 7.64.